The summed E-state index contributed by atoms with van der Waals surface area (Å²) < 4.78 is 0. The molecule has 2 heterocycles. The van der Waals surface area contributed by atoms with E-state index in [9.17, 15) is 4.79 Å². The summed E-state index contributed by atoms with van der Waals surface area (Å²) in [6.07, 6.45) is 1.25. The van der Waals surface area contributed by atoms with Crippen molar-refractivity contribution in [1.29, 1.82) is 0 Å². The van der Waals surface area contributed by atoms with E-state index in [1.54, 1.807) is 0 Å². The van der Waals surface area contributed by atoms with Gasteiger partial charge in [0, 0.05) is 31.4 Å². The molecule has 0 spiro atoms. The number of carbonyl (C=O) groups is 1. The van der Waals surface area contributed by atoms with Crippen LogP contribution in [0.4, 0.5) is 0 Å². The third-order valence-electron chi connectivity index (χ3n) is 3.99. The van der Waals surface area contributed by atoms with Gasteiger partial charge in [-0.3, -0.25) is 9.69 Å². The van der Waals surface area contributed by atoms with Gasteiger partial charge in [-0.1, -0.05) is 30.3 Å². The van der Waals surface area contributed by atoms with Crippen molar-refractivity contribution >= 4 is 17.7 Å². The minimum Gasteiger partial charge on any atom is -0.336 e. The average molecular weight is 276 g/mol. The maximum atomic E-state index is 12.2. The molecule has 2 fully saturated rings. The SMILES string of the molecule is O=C1CN([C@H]2CCSC2)CCN1Cc1ccccc1. The predicted molar refractivity (Wildman–Crippen MR) is 79.2 cm³/mol. The molecule has 19 heavy (non-hydrogen) atoms. The van der Waals surface area contributed by atoms with Crippen molar-refractivity contribution in [1.82, 2.24) is 9.80 Å². The minimum absolute atomic E-state index is 0.284. The molecule has 102 valence electrons. The highest BCUT2D eigenvalue weighted by atomic mass is 32.2. The van der Waals surface area contributed by atoms with E-state index in [2.05, 4.69) is 17.0 Å². The van der Waals surface area contributed by atoms with Crippen LogP contribution >= 0.6 is 11.8 Å². The largest absolute Gasteiger partial charge is 0.336 e. The Balaban J connectivity index is 1.57. The Kier molecular flexibility index (Phi) is 4.09. The first-order valence-corrected chi connectivity index (χ1v) is 8.12. The van der Waals surface area contributed by atoms with Crippen LogP contribution in [0.5, 0.6) is 0 Å². The van der Waals surface area contributed by atoms with E-state index in [1.807, 2.05) is 34.9 Å². The van der Waals surface area contributed by atoms with Gasteiger partial charge >= 0.3 is 0 Å². The molecule has 0 aromatic heterocycles. The highest BCUT2D eigenvalue weighted by Crippen LogP contribution is 2.23. The molecule has 0 aliphatic carbocycles. The lowest BCUT2D eigenvalue weighted by Gasteiger charge is -2.37. The van der Waals surface area contributed by atoms with E-state index in [0.717, 1.165) is 19.6 Å². The number of nitrogens with zero attached hydrogens (tertiary/aromatic N) is 2. The van der Waals surface area contributed by atoms with Crippen molar-refractivity contribution in [3.63, 3.8) is 0 Å². The van der Waals surface area contributed by atoms with Crippen molar-refractivity contribution in [3.8, 4) is 0 Å². The second-order valence-electron chi connectivity index (χ2n) is 5.29. The Bertz CT molecular complexity index is 431. The molecule has 0 N–H and O–H groups in total. The molecule has 3 rings (SSSR count). The van der Waals surface area contributed by atoms with Crippen molar-refractivity contribution in [2.45, 2.75) is 19.0 Å². The summed E-state index contributed by atoms with van der Waals surface area (Å²) in [4.78, 5) is 16.6. The Hall–Kier alpha value is -1.00. The zero-order chi connectivity index (χ0) is 13.1. The van der Waals surface area contributed by atoms with E-state index < -0.39 is 0 Å². The second kappa shape index (κ2) is 5.97. The topological polar surface area (TPSA) is 23.6 Å². The van der Waals surface area contributed by atoms with Gasteiger partial charge in [0.05, 0.1) is 6.54 Å². The average Bonchev–Trinajstić information content (AvgIpc) is 2.96. The first kappa shape index (κ1) is 13.0. The lowest BCUT2D eigenvalue weighted by atomic mass is 10.1. The second-order valence-corrected chi connectivity index (χ2v) is 6.44. The number of hydrogen-bond donors (Lipinski definition) is 0. The van der Waals surface area contributed by atoms with Gasteiger partial charge in [-0.05, 0) is 17.7 Å². The quantitative estimate of drug-likeness (QED) is 0.841. The third-order valence-corrected chi connectivity index (χ3v) is 5.13. The van der Waals surface area contributed by atoms with Crippen LogP contribution < -0.4 is 0 Å². The zero-order valence-electron chi connectivity index (χ0n) is 11.1. The van der Waals surface area contributed by atoms with Crippen molar-refractivity contribution < 1.29 is 4.79 Å². The van der Waals surface area contributed by atoms with Crippen LogP contribution in [0.2, 0.25) is 0 Å². The summed E-state index contributed by atoms with van der Waals surface area (Å²) >= 11 is 2.01. The van der Waals surface area contributed by atoms with Gasteiger partial charge < -0.3 is 4.90 Å². The minimum atomic E-state index is 0.284. The van der Waals surface area contributed by atoms with Gasteiger partial charge in [-0.25, -0.2) is 0 Å². The summed E-state index contributed by atoms with van der Waals surface area (Å²) in [6, 6.07) is 10.9. The number of amides is 1. The maximum absolute atomic E-state index is 12.2. The third kappa shape index (κ3) is 3.12. The van der Waals surface area contributed by atoms with Crippen LogP contribution in [0.1, 0.15) is 12.0 Å². The molecule has 2 aliphatic rings. The Morgan fingerprint density at radius 3 is 2.74 bits per heavy atom. The van der Waals surface area contributed by atoms with Gasteiger partial charge in [-0.2, -0.15) is 11.8 Å². The normalized spacial score (nSPS) is 24.9. The summed E-state index contributed by atoms with van der Waals surface area (Å²) in [7, 11) is 0. The zero-order valence-corrected chi connectivity index (χ0v) is 11.9. The van der Waals surface area contributed by atoms with E-state index in [1.165, 1.54) is 23.5 Å². The Morgan fingerprint density at radius 1 is 1.21 bits per heavy atom. The number of thioether (sulfide) groups is 1. The number of carbonyl (C=O) groups excluding carboxylic acids is 1. The van der Waals surface area contributed by atoms with Gasteiger partial charge in [0.1, 0.15) is 0 Å². The van der Waals surface area contributed by atoms with Crippen molar-refractivity contribution in [3.05, 3.63) is 35.9 Å². The first-order chi connectivity index (χ1) is 9.33. The lowest BCUT2D eigenvalue weighted by molar-refractivity contribution is -0.137. The fraction of sp³-hybridized carbons (Fsp3) is 0.533. The summed E-state index contributed by atoms with van der Waals surface area (Å²) in [5, 5.41) is 0. The molecule has 1 atom stereocenters. The molecule has 1 aromatic carbocycles. The van der Waals surface area contributed by atoms with Crippen LogP contribution in [0, 0.1) is 0 Å². The molecule has 0 bridgehead atoms. The number of hydrogen-bond acceptors (Lipinski definition) is 3. The number of piperazine rings is 1. The van der Waals surface area contributed by atoms with E-state index >= 15 is 0 Å². The number of rotatable bonds is 3. The van der Waals surface area contributed by atoms with Crippen LogP contribution in [0.15, 0.2) is 30.3 Å². The summed E-state index contributed by atoms with van der Waals surface area (Å²) in [5.41, 5.74) is 1.22. The lowest BCUT2D eigenvalue weighted by Crippen LogP contribution is -2.53. The molecule has 1 amide bonds. The van der Waals surface area contributed by atoms with Gasteiger partial charge in [0.15, 0.2) is 0 Å². The highest BCUT2D eigenvalue weighted by molar-refractivity contribution is 7.99. The van der Waals surface area contributed by atoms with Crippen LogP contribution in [0.3, 0.4) is 0 Å². The van der Waals surface area contributed by atoms with Gasteiger partial charge in [0.25, 0.3) is 0 Å². The molecular weight excluding hydrogens is 256 g/mol. The predicted octanol–water partition coefficient (Wildman–Crippen LogP) is 1.84. The molecule has 2 aliphatic heterocycles. The van der Waals surface area contributed by atoms with E-state index in [-0.39, 0.29) is 5.91 Å². The van der Waals surface area contributed by atoms with Crippen molar-refractivity contribution in [2.75, 3.05) is 31.1 Å². The van der Waals surface area contributed by atoms with Crippen LogP contribution in [0.25, 0.3) is 0 Å². The maximum Gasteiger partial charge on any atom is 0.237 e. The van der Waals surface area contributed by atoms with E-state index in [4.69, 9.17) is 0 Å². The van der Waals surface area contributed by atoms with Crippen molar-refractivity contribution in [2.24, 2.45) is 0 Å². The van der Waals surface area contributed by atoms with Crippen LogP contribution in [-0.2, 0) is 11.3 Å². The van der Waals surface area contributed by atoms with Gasteiger partial charge in [0.2, 0.25) is 5.91 Å². The summed E-state index contributed by atoms with van der Waals surface area (Å²) in [6.45, 7) is 3.27. The van der Waals surface area contributed by atoms with E-state index in [0.29, 0.717) is 12.6 Å². The smallest absolute Gasteiger partial charge is 0.237 e. The highest BCUT2D eigenvalue weighted by Gasteiger charge is 2.30. The van der Waals surface area contributed by atoms with Crippen LogP contribution in [-0.4, -0.2) is 52.9 Å². The first-order valence-electron chi connectivity index (χ1n) is 6.96. The molecule has 3 nitrogen and oxygen atoms in total. The number of benzene rings is 1. The fourth-order valence-corrected chi connectivity index (χ4v) is 4.07. The standard InChI is InChI=1S/C15H20N2OS/c18-15-11-16(14-6-9-19-12-14)7-8-17(15)10-13-4-2-1-3-5-13/h1-5,14H,6-12H2/t14-/m0/s1. The molecule has 0 radical (unpaired) electrons. The Labute approximate surface area is 119 Å². The van der Waals surface area contributed by atoms with Gasteiger partial charge in [-0.15, -0.1) is 0 Å². The molecule has 1 aromatic rings. The monoisotopic (exact) mass is 276 g/mol. The summed E-state index contributed by atoms with van der Waals surface area (Å²) in [5.74, 6) is 2.74. The molecular formula is C15H20N2OS. The fourth-order valence-electron chi connectivity index (χ4n) is 2.82. The molecule has 4 heteroatoms. The molecule has 0 saturated carbocycles. The molecule has 0 unspecified atom stereocenters. The Morgan fingerprint density at radius 2 is 2.05 bits per heavy atom. The molecule has 2 saturated heterocycles.